The summed E-state index contributed by atoms with van der Waals surface area (Å²) in [5, 5.41) is 4.56. The lowest BCUT2D eigenvalue weighted by Gasteiger charge is -2.14. The fraction of sp³-hybridized carbons (Fsp3) is 0.176. The zero-order valence-electron chi connectivity index (χ0n) is 14.2. The van der Waals surface area contributed by atoms with Crippen molar-refractivity contribution in [2.75, 3.05) is 32.0 Å². The van der Waals surface area contributed by atoms with Gasteiger partial charge < -0.3 is 24.8 Å². The van der Waals surface area contributed by atoms with Crippen LogP contribution in [0.3, 0.4) is 0 Å². The number of carbonyl (C=O) groups excluding carboxylic acids is 2. The fourth-order valence-corrected chi connectivity index (χ4v) is 2.28. The molecule has 0 saturated carbocycles. The number of methoxy groups -OCH3 is 3. The van der Waals surface area contributed by atoms with Crippen LogP contribution in [0.15, 0.2) is 30.3 Å². The van der Waals surface area contributed by atoms with Gasteiger partial charge in [0.15, 0.2) is 11.5 Å². The van der Waals surface area contributed by atoms with Crippen molar-refractivity contribution in [1.82, 2.24) is 0 Å². The van der Waals surface area contributed by atoms with Gasteiger partial charge in [-0.1, -0.05) is 11.6 Å². The van der Waals surface area contributed by atoms with Crippen LogP contribution in [0.1, 0.15) is 0 Å². The molecule has 0 saturated heterocycles. The average molecular weight is 383 g/mol. The van der Waals surface area contributed by atoms with E-state index in [4.69, 9.17) is 25.8 Å². The molecule has 0 bridgehead atoms. The maximum absolute atomic E-state index is 13.1. The highest BCUT2D eigenvalue weighted by Crippen LogP contribution is 2.39. The molecule has 0 fully saturated rings. The Hall–Kier alpha value is -3.00. The average Bonchev–Trinajstić information content (AvgIpc) is 2.63. The highest BCUT2D eigenvalue weighted by atomic mass is 35.5. The number of carbonyl (C=O) groups is 2. The van der Waals surface area contributed by atoms with Gasteiger partial charge in [-0.2, -0.15) is 0 Å². The minimum absolute atomic E-state index is 0.173. The molecule has 138 valence electrons. The Labute approximate surface area is 154 Å². The van der Waals surface area contributed by atoms with E-state index in [-0.39, 0.29) is 16.4 Å². The summed E-state index contributed by atoms with van der Waals surface area (Å²) in [5.74, 6) is -1.56. The van der Waals surface area contributed by atoms with Crippen LogP contribution in [0.25, 0.3) is 0 Å². The van der Waals surface area contributed by atoms with Gasteiger partial charge in [0.25, 0.3) is 0 Å². The molecule has 9 heteroatoms. The van der Waals surface area contributed by atoms with Gasteiger partial charge in [-0.05, 0) is 18.2 Å². The first-order chi connectivity index (χ1) is 12.4. The van der Waals surface area contributed by atoms with Crippen molar-refractivity contribution in [3.05, 3.63) is 41.2 Å². The Kier molecular flexibility index (Phi) is 6.24. The number of halogens is 2. The molecule has 2 aromatic rings. The molecule has 26 heavy (non-hydrogen) atoms. The lowest BCUT2D eigenvalue weighted by Crippen LogP contribution is -2.29. The standard InChI is InChI=1S/C17H16ClFN2O5/c1-24-13-7-10(8-14(25-2)15(13)26-3)21-17(23)16(22)20-9-4-5-12(19)11(18)6-9/h4-8H,1-3H3,(H,20,22)(H,21,23). The van der Waals surface area contributed by atoms with Crippen LogP contribution in [-0.2, 0) is 9.59 Å². The molecule has 0 atom stereocenters. The molecule has 0 aliphatic heterocycles. The molecule has 0 radical (unpaired) electrons. The van der Waals surface area contributed by atoms with Crippen LogP contribution < -0.4 is 24.8 Å². The Morgan fingerprint density at radius 3 is 1.88 bits per heavy atom. The quantitative estimate of drug-likeness (QED) is 0.776. The molecule has 7 nitrogen and oxygen atoms in total. The van der Waals surface area contributed by atoms with Gasteiger partial charge in [0.2, 0.25) is 5.75 Å². The van der Waals surface area contributed by atoms with Crippen LogP contribution in [0.5, 0.6) is 17.2 Å². The largest absolute Gasteiger partial charge is 0.493 e. The normalized spacial score (nSPS) is 10.0. The second kappa shape index (κ2) is 8.39. The highest BCUT2D eigenvalue weighted by molar-refractivity contribution is 6.43. The Morgan fingerprint density at radius 1 is 0.885 bits per heavy atom. The molecule has 2 aromatic carbocycles. The van der Waals surface area contributed by atoms with Gasteiger partial charge in [0, 0.05) is 23.5 Å². The number of nitrogens with one attached hydrogen (secondary N) is 2. The smallest absolute Gasteiger partial charge is 0.314 e. The van der Waals surface area contributed by atoms with Crippen molar-refractivity contribution in [3.63, 3.8) is 0 Å². The first-order valence-corrected chi connectivity index (χ1v) is 7.64. The molecule has 0 aliphatic carbocycles. The van der Waals surface area contributed by atoms with Crippen LogP contribution in [-0.4, -0.2) is 33.1 Å². The van der Waals surface area contributed by atoms with Crippen molar-refractivity contribution in [1.29, 1.82) is 0 Å². The molecule has 0 heterocycles. The summed E-state index contributed by atoms with van der Waals surface area (Å²) in [5.41, 5.74) is 0.443. The first-order valence-electron chi connectivity index (χ1n) is 7.27. The van der Waals surface area contributed by atoms with E-state index in [0.29, 0.717) is 17.2 Å². The zero-order chi connectivity index (χ0) is 19.3. The summed E-state index contributed by atoms with van der Waals surface area (Å²) in [6.07, 6.45) is 0. The van der Waals surface area contributed by atoms with Crippen LogP contribution in [0.2, 0.25) is 5.02 Å². The second-order valence-electron chi connectivity index (χ2n) is 4.95. The summed E-state index contributed by atoms with van der Waals surface area (Å²) >= 11 is 5.64. The molecular formula is C17H16ClFN2O5. The fourth-order valence-electron chi connectivity index (χ4n) is 2.10. The van der Waals surface area contributed by atoms with Gasteiger partial charge in [0.05, 0.1) is 26.4 Å². The SMILES string of the molecule is COc1cc(NC(=O)C(=O)Nc2ccc(F)c(Cl)c2)cc(OC)c1OC. The third kappa shape index (κ3) is 4.34. The van der Waals surface area contributed by atoms with Gasteiger partial charge in [-0.25, -0.2) is 4.39 Å². The minimum atomic E-state index is -0.957. The Balaban J connectivity index is 2.15. The van der Waals surface area contributed by atoms with Crippen molar-refractivity contribution >= 4 is 34.8 Å². The van der Waals surface area contributed by atoms with Crippen LogP contribution in [0, 0.1) is 5.82 Å². The van der Waals surface area contributed by atoms with E-state index < -0.39 is 17.6 Å². The molecule has 0 aliphatic rings. The molecule has 0 spiro atoms. The maximum Gasteiger partial charge on any atom is 0.314 e. The van der Waals surface area contributed by atoms with Crippen molar-refractivity contribution in [3.8, 4) is 17.2 Å². The van der Waals surface area contributed by atoms with Gasteiger partial charge >= 0.3 is 11.8 Å². The number of hydrogen-bond acceptors (Lipinski definition) is 5. The number of anilines is 2. The number of benzene rings is 2. The van der Waals surface area contributed by atoms with Crippen LogP contribution >= 0.6 is 11.6 Å². The van der Waals surface area contributed by atoms with E-state index in [9.17, 15) is 14.0 Å². The summed E-state index contributed by atoms with van der Waals surface area (Å²) < 4.78 is 28.7. The molecular weight excluding hydrogens is 367 g/mol. The van der Waals surface area contributed by atoms with E-state index in [1.807, 2.05) is 0 Å². The lowest BCUT2D eigenvalue weighted by molar-refractivity contribution is -0.133. The Morgan fingerprint density at radius 2 is 1.42 bits per heavy atom. The molecule has 0 unspecified atom stereocenters. The predicted molar refractivity (Wildman–Crippen MR) is 94.8 cm³/mol. The highest BCUT2D eigenvalue weighted by Gasteiger charge is 2.18. The van der Waals surface area contributed by atoms with Crippen LogP contribution in [0.4, 0.5) is 15.8 Å². The number of amides is 2. The van der Waals surface area contributed by atoms with Crippen molar-refractivity contribution in [2.24, 2.45) is 0 Å². The molecule has 0 aromatic heterocycles. The summed E-state index contributed by atoms with van der Waals surface area (Å²) in [7, 11) is 4.29. The van der Waals surface area contributed by atoms with E-state index in [1.165, 1.54) is 45.6 Å². The molecule has 2 N–H and O–H groups in total. The summed E-state index contributed by atoms with van der Waals surface area (Å²) in [4.78, 5) is 24.1. The number of hydrogen-bond donors (Lipinski definition) is 2. The topological polar surface area (TPSA) is 85.9 Å². The molecule has 2 rings (SSSR count). The summed E-state index contributed by atoms with van der Waals surface area (Å²) in [6.45, 7) is 0. The number of ether oxygens (including phenoxy) is 3. The van der Waals surface area contributed by atoms with E-state index in [0.717, 1.165) is 6.07 Å². The van der Waals surface area contributed by atoms with E-state index in [2.05, 4.69) is 10.6 Å². The van der Waals surface area contributed by atoms with E-state index >= 15 is 0 Å². The maximum atomic E-state index is 13.1. The summed E-state index contributed by atoms with van der Waals surface area (Å²) in [6, 6.07) is 6.50. The zero-order valence-corrected chi connectivity index (χ0v) is 14.9. The second-order valence-corrected chi connectivity index (χ2v) is 5.36. The third-order valence-corrected chi connectivity index (χ3v) is 3.60. The van der Waals surface area contributed by atoms with E-state index in [1.54, 1.807) is 0 Å². The number of rotatable bonds is 5. The lowest BCUT2D eigenvalue weighted by atomic mass is 10.2. The minimum Gasteiger partial charge on any atom is -0.493 e. The van der Waals surface area contributed by atoms with Gasteiger partial charge in [-0.3, -0.25) is 9.59 Å². The van der Waals surface area contributed by atoms with Crippen molar-refractivity contribution < 1.29 is 28.2 Å². The van der Waals surface area contributed by atoms with Gasteiger partial charge in [0.1, 0.15) is 5.82 Å². The monoisotopic (exact) mass is 382 g/mol. The Bertz CT molecular complexity index is 819. The van der Waals surface area contributed by atoms with Gasteiger partial charge in [-0.15, -0.1) is 0 Å². The first kappa shape index (κ1) is 19.3. The van der Waals surface area contributed by atoms with Crippen molar-refractivity contribution in [2.45, 2.75) is 0 Å². The predicted octanol–water partition coefficient (Wildman–Crippen LogP) is 3.08. The molecule has 2 amide bonds. The third-order valence-electron chi connectivity index (χ3n) is 3.31.